The average molecular weight is 186 g/mol. The van der Waals surface area contributed by atoms with Gasteiger partial charge >= 0.3 is 0 Å². The molecular formula is C7H10N2O2S. The van der Waals surface area contributed by atoms with Gasteiger partial charge in [0.2, 0.25) is 0 Å². The Balaban J connectivity index is 2.79. The second-order valence-electron chi connectivity index (χ2n) is 2.18. The van der Waals surface area contributed by atoms with Crippen molar-refractivity contribution in [2.45, 2.75) is 0 Å². The molecule has 0 bridgehead atoms. The Morgan fingerprint density at radius 2 is 2.08 bits per heavy atom. The summed E-state index contributed by atoms with van der Waals surface area (Å²) in [4.78, 5) is 0. The van der Waals surface area contributed by atoms with Crippen molar-refractivity contribution in [3.8, 4) is 0 Å². The Bertz CT molecular complexity index is 290. The number of hydrogen-bond acceptors (Lipinski definition) is 2. The molecule has 1 atom stereocenters. The van der Waals surface area contributed by atoms with Gasteiger partial charge in [-0.3, -0.25) is 9.27 Å². The lowest BCUT2D eigenvalue weighted by Gasteiger charge is -2.03. The molecule has 0 saturated heterocycles. The van der Waals surface area contributed by atoms with Crippen LogP contribution in [0.15, 0.2) is 24.3 Å². The Morgan fingerprint density at radius 3 is 2.67 bits per heavy atom. The minimum atomic E-state index is -2.00. The third-order valence-corrected chi connectivity index (χ3v) is 1.77. The van der Waals surface area contributed by atoms with Crippen LogP contribution < -0.4 is 10.0 Å². The predicted molar refractivity (Wildman–Crippen MR) is 50.4 cm³/mol. The van der Waals surface area contributed by atoms with Gasteiger partial charge in [-0.15, -0.1) is 0 Å². The van der Waals surface area contributed by atoms with Crippen molar-refractivity contribution in [2.75, 3.05) is 17.1 Å². The van der Waals surface area contributed by atoms with E-state index in [-0.39, 0.29) is 0 Å². The zero-order valence-electron chi connectivity index (χ0n) is 6.57. The highest BCUT2D eigenvalue weighted by Gasteiger charge is 1.95. The minimum Gasteiger partial charge on any atom is -0.388 e. The molecule has 0 aliphatic carbocycles. The van der Waals surface area contributed by atoms with Crippen molar-refractivity contribution >= 4 is 22.6 Å². The molecule has 12 heavy (non-hydrogen) atoms. The zero-order chi connectivity index (χ0) is 8.97. The summed E-state index contributed by atoms with van der Waals surface area (Å²) in [6.07, 6.45) is 0. The fourth-order valence-electron chi connectivity index (χ4n) is 0.839. The second kappa shape index (κ2) is 4.08. The molecule has 0 aliphatic heterocycles. The van der Waals surface area contributed by atoms with Gasteiger partial charge in [0.1, 0.15) is 0 Å². The van der Waals surface area contributed by atoms with E-state index in [2.05, 4.69) is 10.0 Å². The lowest BCUT2D eigenvalue weighted by molar-refractivity contribution is 0.570. The van der Waals surface area contributed by atoms with E-state index in [0.29, 0.717) is 5.69 Å². The summed E-state index contributed by atoms with van der Waals surface area (Å²) in [7, 11) is 1.79. The Hall–Kier alpha value is -1.07. The van der Waals surface area contributed by atoms with Crippen LogP contribution in [0.2, 0.25) is 0 Å². The molecule has 0 radical (unpaired) electrons. The third-order valence-electron chi connectivity index (χ3n) is 1.36. The van der Waals surface area contributed by atoms with Crippen molar-refractivity contribution in [2.24, 2.45) is 0 Å². The van der Waals surface area contributed by atoms with Crippen molar-refractivity contribution < 1.29 is 8.76 Å². The number of rotatable bonds is 3. The van der Waals surface area contributed by atoms with E-state index in [1.165, 1.54) is 0 Å². The van der Waals surface area contributed by atoms with Gasteiger partial charge in [0.15, 0.2) is 0 Å². The van der Waals surface area contributed by atoms with Crippen LogP contribution in [0, 0.1) is 0 Å². The summed E-state index contributed by atoms with van der Waals surface area (Å²) in [6.45, 7) is 0. The highest BCUT2D eigenvalue weighted by atomic mass is 32.2. The van der Waals surface area contributed by atoms with Crippen molar-refractivity contribution in [1.29, 1.82) is 0 Å². The quantitative estimate of drug-likeness (QED) is 0.623. The van der Waals surface area contributed by atoms with Crippen molar-refractivity contribution in [1.82, 2.24) is 0 Å². The fraction of sp³-hybridized carbons (Fsp3) is 0.143. The summed E-state index contributed by atoms with van der Waals surface area (Å²) < 4.78 is 21.2. The number of anilines is 2. The standard InChI is InChI=1S/C7H10N2O2S/c1-8-6-3-2-4-7(5-6)9-12(10)11/h2-5,8-9H,1H3,(H,10,11). The summed E-state index contributed by atoms with van der Waals surface area (Å²) in [5.41, 5.74) is 1.51. The highest BCUT2D eigenvalue weighted by Crippen LogP contribution is 2.14. The van der Waals surface area contributed by atoms with Crippen LogP contribution in [0.25, 0.3) is 0 Å². The molecule has 0 aliphatic rings. The average Bonchev–Trinajstić information content (AvgIpc) is 2.03. The summed E-state index contributed by atoms with van der Waals surface area (Å²) in [5, 5.41) is 2.92. The molecule has 1 unspecified atom stereocenters. The molecule has 0 fully saturated rings. The number of hydrogen-bond donors (Lipinski definition) is 3. The van der Waals surface area contributed by atoms with Gasteiger partial charge in [-0.25, -0.2) is 4.21 Å². The van der Waals surface area contributed by atoms with Crippen LogP contribution in [0.1, 0.15) is 0 Å². The van der Waals surface area contributed by atoms with E-state index in [0.717, 1.165) is 5.69 Å². The normalized spacial score (nSPS) is 12.2. The minimum absolute atomic E-state index is 0.614. The van der Waals surface area contributed by atoms with Gasteiger partial charge in [-0.1, -0.05) is 6.07 Å². The van der Waals surface area contributed by atoms with Crippen LogP contribution in [-0.4, -0.2) is 15.8 Å². The maximum atomic E-state index is 10.3. The first-order valence-electron chi connectivity index (χ1n) is 3.37. The van der Waals surface area contributed by atoms with Gasteiger partial charge < -0.3 is 5.32 Å². The maximum absolute atomic E-state index is 10.3. The van der Waals surface area contributed by atoms with E-state index in [1.807, 2.05) is 6.07 Å². The van der Waals surface area contributed by atoms with Gasteiger partial charge in [0.05, 0.1) is 5.69 Å². The molecule has 0 aromatic heterocycles. The Morgan fingerprint density at radius 1 is 1.42 bits per heavy atom. The molecule has 66 valence electrons. The van der Waals surface area contributed by atoms with Gasteiger partial charge in [-0.2, -0.15) is 0 Å². The van der Waals surface area contributed by atoms with Crippen LogP contribution in [0.5, 0.6) is 0 Å². The lowest BCUT2D eigenvalue weighted by atomic mass is 10.3. The predicted octanol–water partition coefficient (Wildman–Crippen LogP) is 1.28. The lowest BCUT2D eigenvalue weighted by Crippen LogP contribution is -2.01. The molecule has 1 rings (SSSR count). The summed E-state index contributed by atoms with van der Waals surface area (Å²) in [6, 6.07) is 7.12. The molecule has 5 heteroatoms. The molecule has 1 aromatic carbocycles. The van der Waals surface area contributed by atoms with Crippen molar-refractivity contribution in [3.63, 3.8) is 0 Å². The smallest absolute Gasteiger partial charge is 0.259 e. The van der Waals surface area contributed by atoms with E-state index in [1.54, 1.807) is 25.2 Å². The van der Waals surface area contributed by atoms with E-state index in [9.17, 15) is 4.21 Å². The van der Waals surface area contributed by atoms with Crippen LogP contribution in [-0.2, 0) is 11.3 Å². The topological polar surface area (TPSA) is 61.4 Å². The monoisotopic (exact) mass is 186 g/mol. The van der Waals surface area contributed by atoms with Gasteiger partial charge in [0, 0.05) is 12.7 Å². The maximum Gasteiger partial charge on any atom is 0.259 e. The number of nitrogens with one attached hydrogen (secondary N) is 2. The summed E-state index contributed by atoms with van der Waals surface area (Å²) >= 11 is -2.00. The van der Waals surface area contributed by atoms with E-state index < -0.39 is 11.3 Å². The molecule has 0 heterocycles. The first kappa shape index (κ1) is 9.02. The molecular weight excluding hydrogens is 176 g/mol. The number of benzene rings is 1. The Kier molecular flexibility index (Phi) is 3.07. The molecule has 0 amide bonds. The molecule has 1 aromatic rings. The highest BCUT2D eigenvalue weighted by molar-refractivity contribution is 7.80. The first-order valence-corrected chi connectivity index (χ1v) is 4.48. The van der Waals surface area contributed by atoms with Crippen LogP contribution >= 0.6 is 0 Å². The summed E-state index contributed by atoms with van der Waals surface area (Å²) in [5.74, 6) is 0. The molecule has 4 nitrogen and oxygen atoms in total. The van der Waals surface area contributed by atoms with Gasteiger partial charge in [-0.05, 0) is 18.2 Å². The van der Waals surface area contributed by atoms with Crippen molar-refractivity contribution in [3.05, 3.63) is 24.3 Å². The van der Waals surface area contributed by atoms with Gasteiger partial charge in [0.25, 0.3) is 11.3 Å². The molecule has 0 saturated carbocycles. The first-order chi connectivity index (χ1) is 5.72. The molecule has 0 spiro atoms. The van der Waals surface area contributed by atoms with Crippen LogP contribution in [0.4, 0.5) is 11.4 Å². The Labute approximate surface area is 73.4 Å². The third kappa shape index (κ3) is 2.52. The largest absolute Gasteiger partial charge is 0.388 e. The SMILES string of the molecule is CNc1cccc(NS(=O)O)c1. The molecule has 3 N–H and O–H groups in total. The van der Waals surface area contributed by atoms with Crippen LogP contribution in [0.3, 0.4) is 0 Å². The van der Waals surface area contributed by atoms with E-state index >= 15 is 0 Å². The zero-order valence-corrected chi connectivity index (χ0v) is 7.39. The van der Waals surface area contributed by atoms with E-state index in [4.69, 9.17) is 4.55 Å². The fourth-order valence-corrected chi connectivity index (χ4v) is 1.17. The second-order valence-corrected chi connectivity index (χ2v) is 2.88.